The summed E-state index contributed by atoms with van der Waals surface area (Å²) in [5.41, 5.74) is 6.60. The van der Waals surface area contributed by atoms with Crippen LogP contribution in [0.2, 0.25) is 0 Å². The van der Waals surface area contributed by atoms with E-state index in [9.17, 15) is 17.6 Å². The molecule has 9 heteroatoms. The molecule has 1 aliphatic rings. The maximum absolute atomic E-state index is 14.5. The largest absolute Gasteiger partial charge is 0.303 e. The monoisotopic (exact) mass is 544 g/mol. The van der Waals surface area contributed by atoms with Gasteiger partial charge in [-0.1, -0.05) is 67.1 Å². The summed E-state index contributed by atoms with van der Waals surface area (Å²) in [6.07, 6.45) is 6.08. The summed E-state index contributed by atoms with van der Waals surface area (Å²) in [4.78, 5) is 12.1. The molecule has 0 radical (unpaired) electrons. The second-order valence-corrected chi connectivity index (χ2v) is 11.7. The predicted molar refractivity (Wildman–Crippen MR) is 152 cm³/mol. The first-order valence-electron chi connectivity index (χ1n) is 12.7. The van der Waals surface area contributed by atoms with Gasteiger partial charge < -0.3 is 0 Å². The molecule has 2 N–H and O–H groups in total. The molecule has 1 saturated carbocycles. The minimum atomic E-state index is -3.86. The Kier molecular flexibility index (Phi) is 7.45. The normalized spacial score (nSPS) is 15.0. The minimum absolute atomic E-state index is 0.384. The first-order valence-corrected chi connectivity index (χ1v) is 14.1. The molecule has 1 aliphatic carbocycles. The third kappa shape index (κ3) is 5.69. The fourth-order valence-electron chi connectivity index (χ4n) is 4.70. The zero-order valence-electron chi connectivity index (χ0n) is 21.7. The van der Waals surface area contributed by atoms with Gasteiger partial charge in [0, 0.05) is 20.2 Å². The van der Waals surface area contributed by atoms with E-state index in [-0.39, 0.29) is 0 Å². The molecule has 1 heterocycles. The van der Waals surface area contributed by atoms with Gasteiger partial charge in [0.25, 0.3) is 5.91 Å². The predicted octanol–water partition coefficient (Wildman–Crippen LogP) is 5.40. The lowest BCUT2D eigenvalue weighted by atomic mass is 9.73. The summed E-state index contributed by atoms with van der Waals surface area (Å²) in [6.45, 7) is 0. The van der Waals surface area contributed by atoms with E-state index in [1.54, 1.807) is 6.08 Å². The average molecular weight is 545 g/mol. The maximum Gasteiger partial charge on any atom is 0.303 e. The van der Waals surface area contributed by atoms with Crippen LogP contribution in [0.25, 0.3) is 28.1 Å². The molecule has 0 bridgehead atoms. The molecular weight excluding hydrogens is 515 g/mol. The zero-order valence-corrected chi connectivity index (χ0v) is 22.5. The number of H-pyrrole nitrogens is 1. The van der Waals surface area contributed by atoms with Gasteiger partial charge in [-0.3, -0.25) is 9.89 Å². The summed E-state index contributed by atoms with van der Waals surface area (Å²) < 4.78 is 41.1. The quantitative estimate of drug-likeness (QED) is 0.230. The number of fused-ring (bicyclic) bond motifs is 1. The van der Waals surface area contributed by atoms with Crippen molar-refractivity contribution >= 4 is 44.2 Å². The Hall–Kier alpha value is -4.08. The van der Waals surface area contributed by atoms with Gasteiger partial charge in [0.15, 0.2) is 0 Å². The van der Waals surface area contributed by atoms with Gasteiger partial charge in [-0.15, -0.1) is 5.10 Å². The van der Waals surface area contributed by atoms with Gasteiger partial charge >= 0.3 is 10.2 Å². The first kappa shape index (κ1) is 26.5. The van der Waals surface area contributed by atoms with Crippen molar-refractivity contribution in [1.29, 1.82) is 0 Å². The van der Waals surface area contributed by atoms with Crippen molar-refractivity contribution in [1.82, 2.24) is 19.2 Å². The Morgan fingerprint density at radius 3 is 2.33 bits per heavy atom. The van der Waals surface area contributed by atoms with Crippen molar-refractivity contribution in [3.63, 3.8) is 0 Å². The molecule has 0 aliphatic heterocycles. The Bertz CT molecular complexity index is 1670. The summed E-state index contributed by atoms with van der Waals surface area (Å²) in [6, 6.07) is 23.7. The second kappa shape index (κ2) is 11.0. The molecule has 0 spiro atoms. The van der Waals surface area contributed by atoms with Crippen LogP contribution in [0.4, 0.5) is 4.39 Å². The van der Waals surface area contributed by atoms with E-state index in [0.29, 0.717) is 16.8 Å². The van der Waals surface area contributed by atoms with E-state index < -0.39 is 22.1 Å². The summed E-state index contributed by atoms with van der Waals surface area (Å²) >= 11 is 0. The van der Waals surface area contributed by atoms with Crippen molar-refractivity contribution in [3.8, 4) is 0 Å². The minimum Gasteiger partial charge on any atom is -0.275 e. The van der Waals surface area contributed by atoms with Gasteiger partial charge in [0.1, 0.15) is 0 Å². The second-order valence-electron chi connectivity index (χ2n) is 9.77. The molecule has 1 amide bonds. The summed E-state index contributed by atoms with van der Waals surface area (Å²) in [5.74, 6) is -0.888. The Balaban J connectivity index is 1.57. The third-order valence-electron chi connectivity index (χ3n) is 7.01. The van der Waals surface area contributed by atoms with Crippen molar-refractivity contribution in [2.75, 3.05) is 14.1 Å². The van der Waals surface area contributed by atoms with Crippen molar-refractivity contribution in [2.24, 2.45) is 5.92 Å². The lowest BCUT2D eigenvalue weighted by Gasteiger charge is -2.31. The van der Waals surface area contributed by atoms with E-state index in [0.717, 1.165) is 45.0 Å². The van der Waals surface area contributed by atoms with Crippen molar-refractivity contribution in [3.05, 3.63) is 107 Å². The SMILES string of the molecule is CN(C)S(=O)(=O)NC(=O)/C=C/c1ccc(/C(=C(\c2ccccc2)C2CCC2)c2ccc3[nH]nc(F)c3c2)cc1. The standard InChI is InChI=1S/C30H29FN4O3S/c1-35(2)39(37,38)34-27(36)18-13-20-11-14-23(15-12-20)29(24-16-17-26-25(19-24)30(31)33-32-26)28(22-9-6-10-22)21-7-4-3-5-8-21/h3-5,7-8,11-19,22H,6,9-10H2,1-2H3,(H,32,33)(H,34,36)/b18-13+,29-28-. The third-order valence-corrected chi connectivity index (χ3v) is 8.43. The fraction of sp³-hybridized carbons (Fsp3) is 0.200. The van der Waals surface area contributed by atoms with Gasteiger partial charge in [0.2, 0.25) is 5.95 Å². The van der Waals surface area contributed by atoms with Crippen molar-refractivity contribution < 1.29 is 17.6 Å². The smallest absolute Gasteiger partial charge is 0.275 e. The maximum atomic E-state index is 14.5. The highest BCUT2D eigenvalue weighted by atomic mass is 32.2. The number of nitrogens with one attached hydrogen (secondary N) is 2. The number of carbonyl (C=O) groups is 1. The van der Waals surface area contributed by atoms with Crippen LogP contribution in [-0.2, 0) is 15.0 Å². The molecule has 1 fully saturated rings. The Morgan fingerprint density at radius 2 is 1.69 bits per heavy atom. The van der Waals surface area contributed by atoms with Crippen LogP contribution < -0.4 is 4.72 Å². The number of amides is 1. The van der Waals surface area contributed by atoms with Gasteiger partial charge in [-0.05, 0) is 70.4 Å². The topological polar surface area (TPSA) is 95.2 Å². The number of aromatic nitrogens is 2. The zero-order chi connectivity index (χ0) is 27.6. The van der Waals surface area contributed by atoms with Crippen LogP contribution in [-0.4, -0.2) is 42.9 Å². The lowest BCUT2D eigenvalue weighted by Crippen LogP contribution is -2.38. The highest BCUT2D eigenvalue weighted by Gasteiger charge is 2.27. The van der Waals surface area contributed by atoms with Crippen LogP contribution in [0.5, 0.6) is 0 Å². The molecule has 4 aromatic rings. The number of nitrogens with zero attached hydrogens (tertiary/aromatic N) is 2. The molecule has 7 nitrogen and oxygen atoms in total. The molecule has 5 rings (SSSR count). The number of benzene rings is 3. The van der Waals surface area contributed by atoms with E-state index in [1.165, 1.54) is 32.2 Å². The summed E-state index contributed by atoms with van der Waals surface area (Å²) in [5, 5.41) is 6.89. The molecule has 0 saturated heterocycles. The molecule has 39 heavy (non-hydrogen) atoms. The van der Waals surface area contributed by atoms with Crippen LogP contribution in [0.15, 0.2) is 78.9 Å². The van der Waals surface area contributed by atoms with E-state index in [4.69, 9.17) is 0 Å². The number of allylic oxidation sites excluding steroid dienone is 1. The highest BCUT2D eigenvalue weighted by molar-refractivity contribution is 7.87. The molecular formula is C30H29FN4O3S. The lowest BCUT2D eigenvalue weighted by molar-refractivity contribution is -0.114. The van der Waals surface area contributed by atoms with Crippen LogP contribution in [0, 0.1) is 11.9 Å². The number of hydrogen-bond donors (Lipinski definition) is 2. The molecule has 200 valence electrons. The van der Waals surface area contributed by atoms with Crippen molar-refractivity contribution in [2.45, 2.75) is 19.3 Å². The molecule has 3 aromatic carbocycles. The fourth-order valence-corrected chi connectivity index (χ4v) is 5.20. The van der Waals surface area contributed by atoms with Gasteiger partial charge in [-0.2, -0.15) is 17.1 Å². The molecule has 1 aromatic heterocycles. The van der Waals surface area contributed by atoms with Gasteiger partial charge in [-0.25, -0.2) is 4.72 Å². The van der Waals surface area contributed by atoms with Crippen LogP contribution in [0.1, 0.15) is 41.5 Å². The number of rotatable bonds is 8. The number of hydrogen-bond acceptors (Lipinski definition) is 4. The average Bonchev–Trinajstić information content (AvgIpc) is 3.27. The number of halogens is 1. The Labute approximate surface area is 227 Å². The summed E-state index contributed by atoms with van der Waals surface area (Å²) in [7, 11) is -1.18. The molecule has 0 atom stereocenters. The van der Waals surface area contributed by atoms with Gasteiger partial charge in [0.05, 0.1) is 10.9 Å². The van der Waals surface area contributed by atoms with E-state index in [2.05, 4.69) is 22.3 Å². The Morgan fingerprint density at radius 1 is 1.00 bits per heavy atom. The van der Waals surface area contributed by atoms with E-state index >= 15 is 0 Å². The highest BCUT2D eigenvalue weighted by Crippen LogP contribution is 2.45. The number of carbonyl (C=O) groups excluding carboxylic acids is 1. The number of aromatic amines is 1. The molecule has 0 unspecified atom stereocenters. The van der Waals surface area contributed by atoms with Crippen LogP contribution >= 0.6 is 0 Å². The van der Waals surface area contributed by atoms with E-state index in [1.807, 2.05) is 65.4 Å². The van der Waals surface area contributed by atoms with Crippen LogP contribution in [0.3, 0.4) is 0 Å². The first-order chi connectivity index (χ1) is 18.7.